The highest BCUT2D eigenvalue weighted by Crippen LogP contribution is 2.26. The average molecular weight is 573 g/mol. The number of benzene rings is 3. The summed E-state index contributed by atoms with van der Waals surface area (Å²) in [6, 6.07) is 26.0. The molecule has 0 aromatic heterocycles. The minimum absolute atomic E-state index is 0.194. The normalized spacial score (nSPS) is 14.4. The molecule has 1 fully saturated rings. The molecule has 0 unspecified atom stereocenters. The molecule has 0 spiro atoms. The number of nitrogens with zero attached hydrogens (tertiary/aromatic N) is 2. The van der Waals surface area contributed by atoms with Crippen molar-refractivity contribution >= 4 is 17.6 Å². The Labute approximate surface area is 249 Å². The number of anilines is 1. The van der Waals surface area contributed by atoms with Crippen molar-refractivity contribution in [1.82, 2.24) is 4.90 Å². The van der Waals surface area contributed by atoms with Crippen LogP contribution < -0.4 is 9.64 Å². The number of rotatable bonds is 17. The van der Waals surface area contributed by atoms with Crippen molar-refractivity contribution in [2.45, 2.75) is 51.4 Å². The van der Waals surface area contributed by atoms with Gasteiger partial charge in [0.25, 0.3) is 0 Å². The van der Waals surface area contributed by atoms with E-state index in [-0.39, 0.29) is 12.0 Å². The fraction of sp³-hybridized carbons (Fsp3) is 0.429. The van der Waals surface area contributed by atoms with Crippen molar-refractivity contribution in [2.24, 2.45) is 5.92 Å². The summed E-state index contributed by atoms with van der Waals surface area (Å²) in [5.74, 6) is -0.357. The molecule has 1 heterocycles. The second-order valence-electron chi connectivity index (χ2n) is 11.2. The monoisotopic (exact) mass is 572 g/mol. The number of hydrogen-bond acceptors (Lipinski definition) is 5. The topological polar surface area (TPSA) is 90.3 Å². The van der Waals surface area contributed by atoms with E-state index in [1.807, 2.05) is 18.2 Å². The molecule has 0 saturated carbocycles. The van der Waals surface area contributed by atoms with Gasteiger partial charge in [-0.25, -0.2) is 4.79 Å². The molecule has 0 bridgehead atoms. The first kappa shape index (κ1) is 31.1. The molecule has 1 atom stereocenters. The zero-order valence-corrected chi connectivity index (χ0v) is 24.5. The second-order valence-corrected chi connectivity index (χ2v) is 11.2. The summed E-state index contributed by atoms with van der Waals surface area (Å²) in [6.07, 6.45) is 6.33. The van der Waals surface area contributed by atoms with Gasteiger partial charge in [0.15, 0.2) is 0 Å². The van der Waals surface area contributed by atoms with Crippen LogP contribution in [0.15, 0.2) is 78.9 Å². The molecule has 42 heavy (non-hydrogen) atoms. The summed E-state index contributed by atoms with van der Waals surface area (Å²) in [6.45, 7) is 5.95. The van der Waals surface area contributed by atoms with Crippen LogP contribution in [-0.2, 0) is 17.6 Å². The fourth-order valence-electron chi connectivity index (χ4n) is 5.72. The lowest BCUT2D eigenvalue weighted by Gasteiger charge is -2.36. The lowest BCUT2D eigenvalue weighted by atomic mass is 9.88. The Morgan fingerprint density at radius 2 is 1.50 bits per heavy atom. The third-order valence-electron chi connectivity index (χ3n) is 8.14. The number of aromatic carboxylic acids is 1. The summed E-state index contributed by atoms with van der Waals surface area (Å²) < 4.78 is 6.27. The van der Waals surface area contributed by atoms with E-state index in [1.54, 1.807) is 12.1 Å². The van der Waals surface area contributed by atoms with Crippen molar-refractivity contribution in [1.29, 1.82) is 0 Å². The minimum Gasteiger partial charge on any atom is -0.493 e. The van der Waals surface area contributed by atoms with E-state index >= 15 is 0 Å². The number of carbonyl (C=O) groups is 2. The summed E-state index contributed by atoms with van der Waals surface area (Å²) in [4.78, 5) is 27.2. The molecular weight excluding hydrogens is 528 g/mol. The number of carboxylic acids is 2. The van der Waals surface area contributed by atoms with Crippen LogP contribution in [0.4, 0.5) is 5.69 Å². The van der Waals surface area contributed by atoms with Gasteiger partial charge in [-0.2, -0.15) is 0 Å². The van der Waals surface area contributed by atoms with Gasteiger partial charge in [0, 0.05) is 44.8 Å². The summed E-state index contributed by atoms with van der Waals surface area (Å²) in [7, 11) is 0. The third-order valence-corrected chi connectivity index (χ3v) is 8.14. The Kier molecular flexibility index (Phi) is 12.3. The number of para-hydroxylation sites is 2. The van der Waals surface area contributed by atoms with Crippen molar-refractivity contribution in [3.05, 3.63) is 95.6 Å². The quantitative estimate of drug-likeness (QED) is 0.181. The molecule has 3 aromatic carbocycles. The number of aliphatic carboxylic acids is 1. The first-order chi connectivity index (χ1) is 20.5. The zero-order chi connectivity index (χ0) is 29.6. The van der Waals surface area contributed by atoms with Crippen LogP contribution in [0.25, 0.3) is 0 Å². The minimum atomic E-state index is -0.922. The van der Waals surface area contributed by atoms with Crippen molar-refractivity contribution in [3.63, 3.8) is 0 Å². The largest absolute Gasteiger partial charge is 0.493 e. The van der Waals surface area contributed by atoms with Gasteiger partial charge in [0.05, 0.1) is 12.2 Å². The molecule has 3 aromatic rings. The maximum atomic E-state index is 11.2. The van der Waals surface area contributed by atoms with Gasteiger partial charge in [-0.1, -0.05) is 61.4 Å². The van der Waals surface area contributed by atoms with E-state index in [0.717, 1.165) is 82.6 Å². The molecule has 2 N–H and O–H groups in total. The molecule has 7 nitrogen and oxygen atoms in total. The predicted molar refractivity (Wildman–Crippen MR) is 167 cm³/mol. The number of ether oxygens (including phenoxy) is 1. The number of piperazine rings is 1. The van der Waals surface area contributed by atoms with E-state index in [9.17, 15) is 14.7 Å². The van der Waals surface area contributed by atoms with Crippen molar-refractivity contribution in [3.8, 4) is 5.75 Å². The Morgan fingerprint density at radius 1 is 0.786 bits per heavy atom. The molecule has 0 amide bonds. The van der Waals surface area contributed by atoms with Crippen molar-refractivity contribution < 1.29 is 24.5 Å². The Morgan fingerprint density at radius 3 is 2.21 bits per heavy atom. The number of aryl methyl sites for hydroxylation is 1. The van der Waals surface area contributed by atoms with E-state index < -0.39 is 11.9 Å². The van der Waals surface area contributed by atoms with E-state index in [4.69, 9.17) is 9.84 Å². The van der Waals surface area contributed by atoms with Gasteiger partial charge in [0.1, 0.15) is 5.75 Å². The lowest BCUT2D eigenvalue weighted by molar-refractivity contribution is -0.137. The van der Waals surface area contributed by atoms with Crippen LogP contribution in [0.2, 0.25) is 0 Å². The standard InChI is InChI=1S/C35H44N2O5/c38-34(39)14-7-4-9-28(27-29-16-19-31(20-17-29)35(40)41)15-18-30-10-5-6-13-33(30)42-26-8-21-36-22-24-37(25-23-36)32-11-2-1-3-12-32/h1-3,5-6,10-13,16-17,19-20,28H,4,7-9,14-15,18,21-27H2,(H,38,39)(H,40,41)/t28-/m0/s1. The SMILES string of the molecule is O=C(O)CCCC[C@@H](CCc1ccccc1OCCCN1CCN(c2ccccc2)CC1)Cc1ccc(C(=O)O)cc1. The Hall–Kier alpha value is -3.84. The van der Waals surface area contributed by atoms with E-state index in [1.165, 1.54) is 11.3 Å². The zero-order valence-electron chi connectivity index (χ0n) is 24.5. The molecule has 224 valence electrons. The maximum absolute atomic E-state index is 11.2. The highest BCUT2D eigenvalue weighted by atomic mass is 16.5. The number of carboxylic acid groups (broad SMARTS) is 2. The second kappa shape index (κ2) is 16.6. The summed E-state index contributed by atoms with van der Waals surface area (Å²) >= 11 is 0. The van der Waals surface area contributed by atoms with Gasteiger partial charge in [0.2, 0.25) is 0 Å². The molecular formula is C35H44N2O5. The van der Waals surface area contributed by atoms with Gasteiger partial charge in [-0.05, 0) is 79.5 Å². The Balaban J connectivity index is 1.24. The van der Waals surface area contributed by atoms with Crippen molar-refractivity contribution in [2.75, 3.05) is 44.2 Å². The molecule has 1 aliphatic heterocycles. The number of unbranched alkanes of at least 4 members (excludes halogenated alkanes) is 1. The first-order valence-corrected chi connectivity index (χ1v) is 15.2. The van der Waals surface area contributed by atoms with Crippen LogP contribution >= 0.6 is 0 Å². The molecule has 1 aliphatic rings. The smallest absolute Gasteiger partial charge is 0.335 e. The molecule has 1 saturated heterocycles. The number of hydrogen-bond donors (Lipinski definition) is 2. The lowest BCUT2D eigenvalue weighted by Crippen LogP contribution is -2.46. The highest BCUT2D eigenvalue weighted by Gasteiger charge is 2.17. The third kappa shape index (κ3) is 10.2. The fourth-order valence-corrected chi connectivity index (χ4v) is 5.72. The molecule has 0 aliphatic carbocycles. The Bertz CT molecular complexity index is 1240. The average Bonchev–Trinajstić information content (AvgIpc) is 3.01. The first-order valence-electron chi connectivity index (χ1n) is 15.2. The van der Waals surface area contributed by atoms with Gasteiger partial charge in [-0.3, -0.25) is 9.69 Å². The summed E-state index contributed by atoms with van der Waals surface area (Å²) in [5, 5.41) is 18.2. The van der Waals surface area contributed by atoms with E-state index in [2.05, 4.69) is 58.3 Å². The molecule has 4 rings (SSSR count). The van der Waals surface area contributed by atoms with Crippen LogP contribution in [0.1, 0.15) is 60.0 Å². The molecule has 0 radical (unpaired) electrons. The maximum Gasteiger partial charge on any atom is 0.335 e. The van der Waals surface area contributed by atoms with E-state index in [0.29, 0.717) is 18.9 Å². The van der Waals surface area contributed by atoms with Gasteiger partial charge < -0.3 is 19.8 Å². The highest BCUT2D eigenvalue weighted by molar-refractivity contribution is 5.87. The van der Waals surface area contributed by atoms with Crippen LogP contribution in [0, 0.1) is 5.92 Å². The van der Waals surface area contributed by atoms with Crippen LogP contribution in [0.5, 0.6) is 5.75 Å². The van der Waals surface area contributed by atoms with Gasteiger partial charge >= 0.3 is 11.9 Å². The van der Waals surface area contributed by atoms with Crippen LogP contribution in [0.3, 0.4) is 0 Å². The molecule has 7 heteroatoms. The van der Waals surface area contributed by atoms with Crippen LogP contribution in [-0.4, -0.2) is 66.4 Å². The predicted octanol–water partition coefficient (Wildman–Crippen LogP) is 6.41. The van der Waals surface area contributed by atoms with Gasteiger partial charge in [-0.15, -0.1) is 0 Å². The summed E-state index contributed by atoms with van der Waals surface area (Å²) in [5.41, 5.74) is 3.90.